The Labute approximate surface area is 88.0 Å². The fourth-order valence-electron chi connectivity index (χ4n) is 0.705. The van der Waals surface area contributed by atoms with Crippen LogP contribution in [0, 0.1) is 0 Å². The zero-order valence-electron chi connectivity index (χ0n) is 7.97. The normalized spacial score (nSPS) is 13.9. The molecule has 0 saturated heterocycles. The monoisotopic (exact) mass is 241 g/mol. The molecule has 1 atom stereocenters. The molecule has 0 radical (unpaired) electrons. The van der Waals surface area contributed by atoms with Crippen LogP contribution >= 0.6 is 11.8 Å². The lowest BCUT2D eigenvalue weighted by molar-refractivity contribution is -0.137. The van der Waals surface area contributed by atoms with Crippen LogP contribution in [0.1, 0.15) is 6.42 Å². The maximum absolute atomic E-state index is 10.7. The molecule has 0 aliphatic heterocycles. The van der Waals surface area contributed by atoms with Gasteiger partial charge < -0.3 is 10.8 Å². The van der Waals surface area contributed by atoms with Crippen LogP contribution < -0.4 is 5.73 Å². The van der Waals surface area contributed by atoms with Crippen molar-refractivity contribution >= 4 is 27.6 Å². The maximum atomic E-state index is 10.7. The van der Waals surface area contributed by atoms with Gasteiger partial charge in [-0.15, -0.1) is 0 Å². The number of sulfone groups is 1. The molecule has 5 nitrogen and oxygen atoms in total. The fourth-order valence-corrected chi connectivity index (χ4v) is 2.47. The third kappa shape index (κ3) is 8.33. The van der Waals surface area contributed by atoms with Gasteiger partial charge in [-0.1, -0.05) is 0 Å². The lowest BCUT2D eigenvalue weighted by Gasteiger charge is -2.05. The van der Waals surface area contributed by atoms with E-state index in [2.05, 4.69) is 0 Å². The van der Waals surface area contributed by atoms with Crippen molar-refractivity contribution in [3.8, 4) is 0 Å². The summed E-state index contributed by atoms with van der Waals surface area (Å²) in [6.45, 7) is 0. The largest absolute Gasteiger partial charge is 0.480 e. The molecular formula is C7H15NO4S2. The second kappa shape index (κ2) is 6.26. The Hall–Kier alpha value is -0.270. The molecule has 0 amide bonds. The van der Waals surface area contributed by atoms with E-state index in [0.717, 1.165) is 0 Å². The summed E-state index contributed by atoms with van der Waals surface area (Å²) in [6.07, 6.45) is 1.72. The van der Waals surface area contributed by atoms with Crippen molar-refractivity contribution in [2.75, 3.05) is 23.5 Å². The predicted molar refractivity (Wildman–Crippen MR) is 57.3 cm³/mol. The molecule has 7 heteroatoms. The third-order valence-corrected chi connectivity index (χ3v) is 3.62. The van der Waals surface area contributed by atoms with Crippen molar-refractivity contribution in [3.05, 3.63) is 0 Å². The summed E-state index contributed by atoms with van der Waals surface area (Å²) in [7, 11) is -2.90. The van der Waals surface area contributed by atoms with Gasteiger partial charge in [0.1, 0.15) is 15.9 Å². The van der Waals surface area contributed by atoms with E-state index in [9.17, 15) is 13.2 Å². The molecule has 14 heavy (non-hydrogen) atoms. The summed E-state index contributed by atoms with van der Waals surface area (Å²) < 4.78 is 21.4. The molecule has 0 bridgehead atoms. The molecule has 84 valence electrons. The number of carboxylic acids is 1. The van der Waals surface area contributed by atoms with Gasteiger partial charge in [0, 0.05) is 12.0 Å². The molecule has 0 aliphatic carbocycles. The highest BCUT2D eigenvalue weighted by Gasteiger charge is 2.10. The van der Waals surface area contributed by atoms with Gasteiger partial charge in [0.05, 0.1) is 5.75 Å². The number of hydrogen-bond donors (Lipinski definition) is 2. The van der Waals surface area contributed by atoms with E-state index in [1.165, 1.54) is 18.0 Å². The smallest absolute Gasteiger partial charge is 0.321 e. The maximum Gasteiger partial charge on any atom is 0.321 e. The SMILES string of the molecule is CS(=O)(=O)CCCSC[C@@H](N)C(=O)O. The molecule has 0 aromatic carbocycles. The summed E-state index contributed by atoms with van der Waals surface area (Å²) >= 11 is 1.36. The van der Waals surface area contributed by atoms with Gasteiger partial charge in [-0.05, 0) is 12.2 Å². The number of rotatable bonds is 7. The van der Waals surface area contributed by atoms with Crippen LogP contribution in [0.3, 0.4) is 0 Å². The summed E-state index contributed by atoms with van der Waals surface area (Å²) in [4.78, 5) is 10.3. The number of hydrogen-bond acceptors (Lipinski definition) is 5. The van der Waals surface area contributed by atoms with E-state index in [4.69, 9.17) is 10.8 Å². The Morgan fingerprint density at radius 3 is 2.57 bits per heavy atom. The molecule has 0 saturated carbocycles. The Kier molecular flexibility index (Phi) is 6.14. The van der Waals surface area contributed by atoms with E-state index in [0.29, 0.717) is 17.9 Å². The van der Waals surface area contributed by atoms with Crippen molar-refractivity contribution in [2.45, 2.75) is 12.5 Å². The van der Waals surface area contributed by atoms with E-state index >= 15 is 0 Å². The van der Waals surface area contributed by atoms with Gasteiger partial charge in [0.15, 0.2) is 0 Å². The fraction of sp³-hybridized carbons (Fsp3) is 0.857. The highest BCUT2D eigenvalue weighted by atomic mass is 32.2. The van der Waals surface area contributed by atoms with Gasteiger partial charge in [-0.2, -0.15) is 11.8 Å². The minimum Gasteiger partial charge on any atom is -0.480 e. The molecule has 3 N–H and O–H groups in total. The highest BCUT2D eigenvalue weighted by Crippen LogP contribution is 2.05. The van der Waals surface area contributed by atoms with Crippen molar-refractivity contribution in [1.82, 2.24) is 0 Å². The Morgan fingerprint density at radius 1 is 1.57 bits per heavy atom. The first-order chi connectivity index (χ1) is 6.33. The topological polar surface area (TPSA) is 97.5 Å². The summed E-state index contributed by atoms with van der Waals surface area (Å²) in [6, 6.07) is -0.863. The predicted octanol–water partition coefficient (Wildman–Crippen LogP) is -0.434. The molecule has 0 aromatic heterocycles. The van der Waals surface area contributed by atoms with Crippen molar-refractivity contribution in [3.63, 3.8) is 0 Å². The van der Waals surface area contributed by atoms with E-state index < -0.39 is 21.8 Å². The first-order valence-electron chi connectivity index (χ1n) is 4.07. The third-order valence-electron chi connectivity index (χ3n) is 1.42. The number of aliphatic carboxylic acids is 1. The average molecular weight is 241 g/mol. The molecule has 0 aromatic rings. The second-order valence-corrected chi connectivity index (χ2v) is 6.41. The number of carbonyl (C=O) groups is 1. The van der Waals surface area contributed by atoms with Crippen LogP contribution in [0.25, 0.3) is 0 Å². The zero-order chi connectivity index (χ0) is 11.2. The van der Waals surface area contributed by atoms with Crippen molar-refractivity contribution in [1.29, 1.82) is 0 Å². The molecule has 0 heterocycles. The van der Waals surface area contributed by atoms with Crippen LogP contribution in [0.2, 0.25) is 0 Å². The lowest BCUT2D eigenvalue weighted by Crippen LogP contribution is -2.32. The number of nitrogens with two attached hydrogens (primary N) is 1. The number of carboxylic acid groups (broad SMARTS) is 1. The molecular weight excluding hydrogens is 226 g/mol. The van der Waals surface area contributed by atoms with Gasteiger partial charge >= 0.3 is 5.97 Å². The van der Waals surface area contributed by atoms with Crippen LogP contribution in [-0.2, 0) is 14.6 Å². The van der Waals surface area contributed by atoms with Crippen LogP contribution in [0.5, 0.6) is 0 Å². The minimum absolute atomic E-state index is 0.141. The van der Waals surface area contributed by atoms with Gasteiger partial charge in [-0.3, -0.25) is 4.79 Å². The second-order valence-electron chi connectivity index (χ2n) is 3.00. The van der Waals surface area contributed by atoms with Crippen molar-refractivity contribution < 1.29 is 18.3 Å². The zero-order valence-corrected chi connectivity index (χ0v) is 9.60. The minimum atomic E-state index is -2.90. The standard InChI is InChI=1S/C7H15NO4S2/c1-14(11,12)4-2-3-13-5-6(8)7(9)10/h6H,2-5,8H2,1H3,(H,9,10)/t6-/m1/s1. The quantitative estimate of drug-likeness (QED) is 0.587. The summed E-state index contributed by atoms with van der Waals surface area (Å²) in [5, 5.41) is 8.43. The first kappa shape index (κ1) is 13.7. The van der Waals surface area contributed by atoms with Gasteiger partial charge in [0.2, 0.25) is 0 Å². The van der Waals surface area contributed by atoms with Crippen LogP contribution in [-0.4, -0.2) is 49.0 Å². The van der Waals surface area contributed by atoms with Crippen LogP contribution in [0.4, 0.5) is 0 Å². The van der Waals surface area contributed by atoms with Gasteiger partial charge in [0.25, 0.3) is 0 Å². The Balaban J connectivity index is 3.44. The molecule has 0 aliphatic rings. The van der Waals surface area contributed by atoms with Crippen molar-refractivity contribution in [2.24, 2.45) is 5.73 Å². The van der Waals surface area contributed by atoms with Crippen LogP contribution in [0.15, 0.2) is 0 Å². The molecule has 0 rings (SSSR count). The summed E-state index contributed by atoms with van der Waals surface area (Å²) in [5.41, 5.74) is 5.25. The number of thioether (sulfide) groups is 1. The molecule has 0 unspecified atom stereocenters. The Bertz CT molecular complexity index is 275. The van der Waals surface area contributed by atoms with E-state index in [-0.39, 0.29) is 5.75 Å². The first-order valence-corrected chi connectivity index (χ1v) is 7.28. The molecule has 0 spiro atoms. The van der Waals surface area contributed by atoms with E-state index in [1.54, 1.807) is 0 Å². The van der Waals surface area contributed by atoms with E-state index in [1.807, 2.05) is 0 Å². The average Bonchev–Trinajstić information content (AvgIpc) is 2.01. The Morgan fingerprint density at radius 2 is 2.14 bits per heavy atom. The lowest BCUT2D eigenvalue weighted by atomic mass is 10.4. The highest BCUT2D eigenvalue weighted by molar-refractivity contribution is 7.99. The summed E-state index contributed by atoms with van der Waals surface area (Å²) in [5.74, 6) is 0.0516. The molecule has 0 fully saturated rings. The van der Waals surface area contributed by atoms with Gasteiger partial charge in [-0.25, -0.2) is 8.42 Å².